The predicted molar refractivity (Wildman–Crippen MR) is 74.6 cm³/mol. The van der Waals surface area contributed by atoms with E-state index in [9.17, 15) is 5.11 Å². The van der Waals surface area contributed by atoms with Gasteiger partial charge in [0.25, 0.3) is 0 Å². The first kappa shape index (κ1) is 14.6. The monoisotopic (exact) mass is 246 g/mol. The Kier molecular flexibility index (Phi) is 5.25. The fourth-order valence-corrected chi connectivity index (χ4v) is 1.67. The number of aliphatic hydroxyl groups excluding tert-OH is 1. The van der Waals surface area contributed by atoms with Crippen molar-refractivity contribution in [2.45, 2.75) is 52.2 Å². The van der Waals surface area contributed by atoms with Crippen LogP contribution in [0.4, 0.5) is 0 Å². The van der Waals surface area contributed by atoms with Crippen LogP contribution in [-0.2, 0) is 6.42 Å². The van der Waals surface area contributed by atoms with E-state index in [2.05, 4.69) is 11.8 Å². The lowest BCUT2D eigenvalue weighted by molar-refractivity contribution is 0.129. The van der Waals surface area contributed by atoms with E-state index < -0.39 is 6.10 Å². The van der Waals surface area contributed by atoms with Gasteiger partial charge in [0.2, 0.25) is 0 Å². The first-order chi connectivity index (χ1) is 8.42. The van der Waals surface area contributed by atoms with Gasteiger partial charge in [0, 0.05) is 0 Å². The van der Waals surface area contributed by atoms with E-state index in [4.69, 9.17) is 4.74 Å². The summed E-state index contributed by atoms with van der Waals surface area (Å²) < 4.78 is 5.91. The highest BCUT2D eigenvalue weighted by atomic mass is 16.5. The summed E-state index contributed by atoms with van der Waals surface area (Å²) in [5, 5.41) is 9.62. The molecule has 1 aromatic carbocycles. The summed E-state index contributed by atoms with van der Waals surface area (Å²) in [6.45, 7) is 7.82. The van der Waals surface area contributed by atoms with Crippen LogP contribution < -0.4 is 4.74 Å². The van der Waals surface area contributed by atoms with Crippen molar-refractivity contribution in [1.82, 2.24) is 0 Å². The number of aryl methyl sites for hydroxylation is 1. The van der Waals surface area contributed by atoms with Gasteiger partial charge in [-0.3, -0.25) is 0 Å². The minimum absolute atomic E-state index is 0.210. The number of ether oxygens (including phenoxy) is 1. The third kappa shape index (κ3) is 5.25. The summed E-state index contributed by atoms with van der Waals surface area (Å²) in [5.74, 6) is 6.36. The quantitative estimate of drug-likeness (QED) is 0.827. The SMILES string of the molecule is CC#CC(O)CCc1ccccc1OC(C)(C)C. The first-order valence-electron chi connectivity index (χ1n) is 6.29. The Morgan fingerprint density at radius 1 is 1.28 bits per heavy atom. The van der Waals surface area contributed by atoms with Crippen LogP contribution in [0.25, 0.3) is 0 Å². The molecule has 0 amide bonds. The molecule has 98 valence electrons. The molecule has 1 aromatic rings. The fourth-order valence-electron chi connectivity index (χ4n) is 1.67. The van der Waals surface area contributed by atoms with Gasteiger partial charge in [-0.05, 0) is 52.2 Å². The summed E-state index contributed by atoms with van der Waals surface area (Å²) in [7, 11) is 0. The zero-order valence-corrected chi connectivity index (χ0v) is 11.7. The highest BCUT2D eigenvalue weighted by Crippen LogP contribution is 2.24. The molecule has 0 aliphatic carbocycles. The first-order valence-corrected chi connectivity index (χ1v) is 6.29. The summed E-state index contributed by atoms with van der Waals surface area (Å²) in [5.41, 5.74) is 0.905. The lowest BCUT2D eigenvalue weighted by Crippen LogP contribution is -2.23. The molecule has 0 aliphatic rings. The van der Waals surface area contributed by atoms with Crippen molar-refractivity contribution in [2.75, 3.05) is 0 Å². The van der Waals surface area contributed by atoms with Gasteiger partial charge in [-0.1, -0.05) is 24.1 Å². The molecule has 0 spiro atoms. The molecular formula is C16H22O2. The summed E-state index contributed by atoms with van der Waals surface area (Å²) in [4.78, 5) is 0. The van der Waals surface area contributed by atoms with Crippen LogP contribution in [0, 0.1) is 11.8 Å². The Bertz CT molecular complexity index is 432. The van der Waals surface area contributed by atoms with Gasteiger partial charge in [-0.2, -0.15) is 0 Å². The third-order valence-electron chi connectivity index (χ3n) is 2.39. The molecule has 0 saturated carbocycles. The highest BCUT2D eigenvalue weighted by molar-refractivity contribution is 5.34. The minimum atomic E-state index is -0.558. The number of hydrogen-bond acceptors (Lipinski definition) is 2. The molecule has 2 heteroatoms. The van der Waals surface area contributed by atoms with E-state index in [-0.39, 0.29) is 5.60 Å². The van der Waals surface area contributed by atoms with Crippen LogP contribution >= 0.6 is 0 Å². The third-order valence-corrected chi connectivity index (χ3v) is 2.39. The van der Waals surface area contributed by atoms with Crippen LogP contribution in [-0.4, -0.2) is 16.8 Å². The molecule has 0 radical (unpaired) electrons. The van der Waals surface area contributed by atoms with Crippen LogP contribution in [0.1, 0.15) is 39.7 Å². The zero-order valence-electron chi connectivity index (χ0n) is 11.7. The Morgan fingerprint density at radius 2 is 1.94 bits per heavy atom. The van der Waals surface area contributed by atoms with Gasteiger partial charge in [-0.25, -0.2) is 0 Å². The Morgan fingerprint density at radius 3 is 2.56 bits per heavy atom. The lowest BCUT2D eigenvalue weighted by Gasteiger charge is -2.23. The molecule has 18 heavy (non-hydrogen) atoms. The fraction of sp³-hybridized carbons (Fsp3) is 0.500. The molecule has 2 nitrogen and oxygen atoms in total. The topological polar surface area (TPSA) is 29.5 Å². The van der Waals surface area contributed by atoms with Crippen molar-refractivity contribution in [3.05, 3.63) is 29.8 Å². The number of rotatable bonds is 4. The van der Waals surface area contributed by atoms with Crippen LogP contribution in [0.2, 0.25) is 0 Å². The second-order valence-corrected chi connectivity index (χ2v) is 5.27. The van der Waals surface area contributed by atoms with Crippen molar-refractivity contribution >= 4 is 0 Å². The van der Waals surface area contributed by atoms with Crippen molar-refractivity contribution in [3.63, 3.8) is 0 Å². The molecule has 0 bridgehead atoms. The van der Waals surface area contributed by atoms with E-state index in [0.29, 0.717) is 6.42 Å². The Labute approximate surface area is 110 Å². The molecule has 0 fully saturated rings. The highest BCUT2D eigenvalue weighted by Gasteiger charge is 2.14. The van der Waals surface area contributed by atoms with E-state index in [1.165, 1.54) is 0 Å². The largest absolute Gasteiger partial charge is 0.488 e. The van der Waals surface area contributed by atoms with Gasteiger partial charge < -0.3 is 9.84 Å². The van der Waals surface area contributed by atoms with Crippen molar-refractivity contribution in [3.8, 4) is 17.6 Å². The lowest BCUT2D eigenvalue weighted by atomic mass is 10.1. The van der Waals surface area contributed by atoms with Gasteiger partial charge in [0.05, 0.1) is 0 Å². The van der Waals surface area contributed by atoms with Crippen molar-refractivity contribution < 1.29 is 9.84 Å². The molecule has 0 heterocycles. The number of benzene rings is 1. The van der Waals surface area contributed by atoms with Crippen LogP contribution in [0.5, 0.6) is 5.75 Å². The van der Waals surface area contributed by atoms with Gasteiger partial charge in [-0.15, -0.1) is 5.92 Å². The van der Waals surface area contributed by atoms with Crippen LogP contribution in [0.3, 0.4) is 0 Å². The summed E-state index contributed by atoms with van der Waals surface area (Å²) in [6, 6.07) is 7.96. The second kappa shape index (κ2) is 6.47. The average molecular weight is 246 g/mol. The van der Waals surface area contributed by atoms with Gasteiger partial charge in [0.15, 0.2) is 0 Å². The van der Waals surface area contributed by atoms with Crippen molar-refractivity contribution in [2.24, 2.45) is 0 Å². The molecule has 0 saturated heterocycles. The smallest absolute Gasteiger partial charge is 0.123 e. The van der Waals surface area contributed by atoms with Gasteiger partial charge >= 0.3 is 0 Å². The molecule has 1 rings (SSSR count). The normalized spacial score (nSPS) is 12.5. The Hall–Kier alpha value is -1.46. The van der Waals surface area contributed by atoms with E-state index in [1.54, 1.807) is 6.92 Å². The number of aliphatic hydroxyl groups is 1. The maximum absolute atomic E-state index is 9.62. The standard InChI is InChI=1S/C16H22O2/c1-5-8-14(17)12-11-13-9-6-7-10-15(13)18-16(2,3)4/h6-7,9-10,14,17H,11-12H2,1-4H3. The summed E-state index contributed by atoms with van der Waals surface area (Å²) >= 11 is 0. The van der Waals surface area contributed by atoms with Gasteiger partial charge in [0.1, 0.15) is 17.5 Å². The maximum atomic E-state index is 9.62. The zero-order chi connectivity index (χ0) is 13.6. The molecule has 0 aliphatic heterocycles. The van der Waals surface area contributed by atoms with Crippen LogP contribution in [0.15, 0.2) is 24.3 Å². The molecule has 1 N–H and O–H groups in total. The predicted octanol–water partition coefficient (Wildman–Crippen LogP) is 3.18. The van der Waals surface area contributed by atoms with E-state index >= 15 is 0 Å². The Balaban J connectivity index is 2.72. The molecular weight excluding hydrogens is 224 g/mol. The maximum Gasteiger partial charge on any atom is 0.123 e. The number of para-hydroxylation sites is 1. The van der Waals surface area contributed by atoms with E-state index in [0.717, 1.165) is 17.7 Å². The molecule has 1 unspecified atom stereocenters. The average Bonchev–Trinajstić information content (AvgIpc) is 2.26. The molecule has 1 atom stereocenters. The number of hydrogen-bond donors (Lipinski definition) is 1. The van der Waals surface area contributed by atoms with Crippen molar-refractivity contribution in [1.29, 1.82) is 0 Å². The minimum Gasteiger partial charge on any atom is -0.488 e. The molecule has 0 aromatic heterocycles. The summed E-state index contributed by atoms with van der Waals surface area (Å²) in [6.07, 6.45) is 0.839. The second-order valence-electron chi connectivity index (χ2n) is 5.27. The van der Waals surface area contributed by atoms with E-state index in [1.807, 2.05) is 45.0 Å².